The van der Waals surface area contributed by atoms with Gasteiger partial charge in [0.2, 0.25) is 0 Å². The van der Waals surface area contributed by atoms with Gasteiger partial charge in [0.15, 0.2) is 11.5 Å². The second-order valence-electron chi connectivity index (χ2n) is 3.79. The number of nitriles is 1. The fraction of sp³-hybridized carbons (Fsp3) is 0.214. The Kier molecular flexibility index (Phi) is 5.93. The zero-order chi connectivity index (χ0) is 16.0. The molecule has 0 radical (unpaired) electrons. The van der Waals surface area contributed by atoms with Crippen LogP contribution in [-0.4, -0.2) is 26.2 Å². The third kappa shape index (κ3) is 4.33. The van der Waals surface area contributed by atoms with Gasteiger partial charge in [-0.2, -0.15) is 5.26 Å². The second-order valence-corrected chi connectivity index (χ2v) is 4.64. The van der Waals surface area contributed by atoms with Crippen molar-refractivity contribution >= 4 is 33.9 Å². The molecule has 0 spiro atoms. The molecule has 0 fully saturated rings. The monoisotopic (exact) mass is 353 g/mol. The summed E-state index contributed by atoms with van der Waals surface area (Å²) in [6, 6.07) is 4.87. The summed E-state index contributed by atoms with van der Waals surface area (Å²) >= 11 is 3.25. The Bertz CT molecular complexity index is 645. The minimum atomic E-state index is -0.739. The number of ether oxygens (including phenoxy) is 3. The summed E-state index contributed by atoms with van der Waals surface area (Å²) < 4.78 is 15.1. The molecule has 0 unspecified atom stereocenters. The molecule has 1 aromatic rings. The van der Waals surface area contributed by atoms with Gasteiger partial charge >= 0.3 is 11.9 Å². The molecule has 0 saturated carbocycles. The number of methoxy groups -OCH3 is 2. The third-order valence-electron chi connectivity index (χ3n) is 2.33. The van der Waals surface area contributed by atoms with Crippen LogP contribution in [0.4, 0.5) is 0 Å². The third-order valence-corrected chi connectivity index (χ3v) is 2.92. The summed E-state index contributed by atoms with van der Waals surface area (Å²) in [5, 5.41) is 8.93. The normalized spacial score (nSPS) is 10.5. The lowest BCUT2D eigenvalue weighted by Crippen LogP contribution is -2.04. The number of nitrogens with zero attached hydrogens (tertiary/aromatic N) is 1. The predicted molar refractivity (Wildman–Crippen MR) is 77.6 cm³/mol. The molecule has 0 bridgehead atoms. The van der Waals surface area contributed by atoms with Crippen molar-refractivity contribution in [3.05, 3.63) is 27.7 Å². The van der Waals surface area contributed by atoms with E-state index in [0.717, 1.165) is 0 Å². The van der Waals surface area contributed by atoms with Crippen LogP contribution in [0.5, 0.6) is 11.5 Å². The summed E-state index contributed by atoms with van der Waals surface area (Å²) in [6.45, 7) is 1.27. The van der Waals surface area contributed by atoms with Crippen molar-refractivity contribution < 1.29 is 23.8 Å². The van der Waals surface area contributed by atoms with Gasteiger partial charge in [-0.1, -0.05) is 0 Å². The van der Waals surface area contributed by atoms with E-state index >= 15 is 0 Å². The fourth-order valence-electron chi connectivity index (χ4n) is 1.48. The first kappa shape index (κ1) is 16.7. The Hall–Kier alpha value is -2.33. The second kappa shape index (κ2) is 7.45. The highest BCUT2D eigenvalue weighted by molar-refractivity contribution is 9.10. The van der Waals surface area contributed by atoms with E-state index in [4.69, 9.17) is 14.7 Å². The maximum Gasteiger partial charge on any atom is 0.348 e. The fourth-order valence-corrected chi connectivity index (χ4v) is 2.02. The topological polar surface area (TPSA) is 85.6 Å². The molecule has 0 aromatic heterocycles. The zero-order valence-electron chi connectivity index (χ0n) is 11.6. The molecular weight excluding hydrogens is 342 g/mol. The maximum absolute atomic E-state index is 11.4. The summed E-state index contributed by atoms with van der Waals surface area (Å²) in [7, 11) is 2.60. The number of esters is 2. The first-order valence-corrected chi connectivity index (χ1v) is 6.48. The van der Waals surface area contributed by atoms with Gasteiger partial charge in [-0.25, -0.2) is 4.79 Å². The van der Waals surface area contributed by atoms with Crippen LogP contribution in [0.1, 0.15) is 12.5 Å². The molecule has 0 amide bonds. The Labute approximate surface area is 130 Å². The number of rotatable bonds is 4. The lowest BCUT2D eigenvalue weighted by atomic mass is 10.1. The Morgan fingerprint density at radius 3 is 2.48 bits per heavy atom. The van der Waals surface area contributed by atoms with Crippen molar-refractivity contribution in [3.8, 4) is 17.6 Å². The molecule has 0 aliphatic rings. The van der Waals surface area contributed by atoms with E-state index in [1.54, 1.807) is 12.1 Å². The van der Waals surface area contributed by atoms with E-state index in [0.29, 0.717) is 10.0 Å². The predicted octanol–water partition coefficient (Wildman–Crippen LogP) is 2.46. The van der Waals surface area contributed by atoms with Crippen LogP contribution in [0.25, 0.3) is 6.08 Å². The molecule has 0 N–H and O–H groups in total. The minimum absolute atomic E-state index is 0.160. The van der Waals surface area contributed by atoms with Crippen LogP contribution in [0.15, 0.2) is 22.2 Å². The van der Waals surface area contributed by atoms with E-state index in [2.05, 4.69) is 20.7 Å². The van der Waals surface area contributed by atoms with E-state index in [9.17, 15) is 9.59 Å². The highest BCUT2D eigenvalue weighted by Crippen LogP contribution is 2.37. The van der Waals surface area contributed by atoms with E-state index < -0.39 is 11.9 Å². The van der Waals surface area contributed by atoms with Gasteiger partial charge in [-0.05, 0) is 39.7 Å². The zero-order valence-corrected chi connectivity index (χ0v) is 13.2. The molecule has 0 aliphatic heterocycles. The first-order valence-electron chi connectivity index (χ1n) is 5.69. The van der Waals surface area contributed by atoms with E-state index in [1.807, 2.05) is 0 Å². The summed E-state index contributed by atoms with van der Waals surface area (Å²) in [5.74, 6) is -0.729. The Balaban J connectivity index is 3.32. The lowest BCUT2D eigenvalue weighted by Gasteiger charge is -2.11. The van der Waals surface area contributed by atoms with Crippen molar-refractivity contribution in [2.75, 3.05) is 14.2 Å². The van der Waals surface area contributed by atoms with Gasteiger partial charge < -0.3 is 14.2 Å². The minimum Gasteiger partial charge on any atom is -0.493 e. The molecule has 0 heterocycles. The smallest absolute Gasteiger partial charge is 0.348 e. The van der Waals surface area contributed by atoms with Gasteiger partial charge in [-0.15, -0.1) is 0 Å². The molecule has 21 heavy (non-hydrogen) atoms. The molecule has 0 atom stereocenters. The van der Waals surface area contributed by atoms with Crippen molar-refractivity contribution in [1.82, 2.24) is 0 Å². The molecular formula is C14H12BrNO5. The van der Waals surface area contributed by atoms with Crippen molar-refractivity contribution in [3.63, 3.8) is 0 Å². The molecule has 0 aliphatic carbocycles. The lowest BCUT2D eigenvalue weighted by molar-refractivity contribution is -0.135. The van der Waals surface area contributed by atoms with Crippen LogP contribution in [0.3, 0.4) is 0 Å². The quantitative estimate of drug-likeness (QED) is 0.357. The van der Waals surface area contributed by atoms with Crippen LogP contribution in [0, 0.1) is 11.3 Å². The highest BCUT2D eigenvalue weighted by Gasteiger charge is 2.15. The number of carbonyl (C=O) groups is 2. The van der Waals surface area contributed by atoms with Gasteiger partial charge in [0, 0.05) is 6.92 Å². The number of carbonyl (C=O) groups excluding carboxylic acids is 2. The van der Waals surface area contributed by atoms with Crippen LogP contribution >= 0.6 is 15.9 Å². The molecule has 0 saturated heterocycles. The SMILES string of the molecule is COC(=O)/C(C#N)=C\c1cc(Br)c(OC(C)=O)c(OC)c1. The van der Waals surface area contributed by atoms with Crippen LogP contribution in [-0.2, 0) is 14.3 Å². The number of halogens is 1. The Morgan fingerprint density at radius 2 is 2.00 bits per heavy atom. The summed E-state index contributed by atoms with van der Waals surface area (Å²) in [5.41, 5.74) is 0.350. The highest BCUT2D eigenvalue weighted by atomic mass is 79.9. The average molecular weight is 354 g/mol. The number of hydrogen-bond acceptors (Lipinski definition) is 6. The van der Waals surface area contributed by atoms with Gasteiger partial charge in [0.05, 0.1) is 18.7 Å². The summed E-state index contributed by atoms with van der Waals surface area (Å²) in [6.07, 6.45) is 1.34. The number of benzene rings is 1. The maximum atomic E-state index is 11.4. The van der Waals surface area contributed by atoms with Gasteiger partial charge in [0.1, 0.15) is 11.6 Å². The van der Waals surface area contributed by atoms with Crippen molar-refractivity contribution in [2.45, 2.75) is 6.92 Å². The van der Waals surface area contributed by atoms with E-state index in [1.165, 1.54) is 33.3 Å². The van der Waals surface area contributed by atoms with Crippen molar-refractivity contribution in [1.29, 1.82) is 5.26 Å². The number of hydrogen-bond donors (Lipinski definition) is 0. The molecule has 110 valence electrons. The molecule has 1 aromatic carbocycles. The average Bonchev–Trinajstić information content (AvgIpc) is 2.45. The molecule has 1 rings (SSSR count). The Morgan fingerprint density at radius 1 is 1.33 bits per heavy atom. The summed E-state index contributed by atoms with van der Waals surface area (Å²) in [4.78, 5) is 22.4. The van der Waals surface area contributed by atoms with Gasteiger partial charge in [0.25, 0.3) is 0 Å². The van der Waals surface area contributed by atoms with Gasteiger partial charge in [-0.3, -0.25) is 4.79 Å². The van der Waals surface area contributed by atoms with Crippen LogP contribution < -0.4 is 9.47 Å². The largest absolute Gasteiger partial charge is 0.493 e. The van der Waals surface area contributed by atoms with Crippen LogP contribution in [0.2, 0.25) is 0 Å². The first-order chi connectivity index (χ1) is 9.92. The molecule has 7 heteroatoms. The molecule has 6 nitrogen and oxygen atoms in total. The standard InChI is InChI=1S/C14H12BrNO5/c1-8(17)21-13-11(15)5-9(6-12(13)19-2)4-10(7-16)14(18)20-3/h4-6H,1-3H3/b10-4-. The van der Waals surface area contributed by atoms with Crippen molar-refractivity contribution in [2.24, 2.45) is 0 Å². The van der Waals surface area contributed by atoms with E-state index in [-0.39, 0.29) is 17.1 Å².